The van der Waals surface area contributed by atoms with Crippen LogP contribution in [0.2, 0.25) is 0 Å². The maximum absolute atomic E-state index is 5.19. The number of benzene rings is 10. The molecular weight excluding hydrogens is 823 g/mol. The van der Waals surface area contributed by atoms with Crippen molar-refractivity contribution in [3.8, 4) is 78.4 Å². The number of hydrogen-bond acceptors (Lipinski definition) is 3. The molecule has 68 heavy (non-hydrogen) atoms. The molecule has 2 heterocycles. The first-order chi connectivity index (χ1) is 33.7. The van der Waals surface area contributed by atoms with Crippen molar-refractivity contribution in [3.05, 3.63) is 283 Å². The van der Waals surface area contributed by atoms with Gasteiger partial charge in [0.1, 0.15) is 0 Å². The number of fused-ring (bicyclic) bond motifs is 9. The first-order valence-electron chi connectivity index (χ1n) is 23.3. The van der Waals surface area contributed by atoms with Crippen molar-refractivity contribution in [1.82, 2.24) is 9.97 Å². The molecule has 0 N–H and O–H groups in total. The Hall–Kier alpha value is -8.92. The monoisotopic (exact) mass is 865 g/mol. The van der Waals surface area contributed by atoms with Gasteiger partial charge in [0.2, 0.25) is 0 Å². The lowest BCUT2D eigenvalue weighted by Crippen LogP contribution is -2.36. The second-order valence-electron chi connectivity index (χ2n) is 17.7. The highest BCUT2D eigenvalue weighted by Crippen LogP contribution is 2.63. The Morgan fingerprint density at radius 2 is 0.691 bits per heavy atom. The molecule has 1 aliphatic heterocycles. The van der Waals surface area contributed by atoms with E-state index < -0.39 is 5.41 Å². The summed E-state index contributed by atoms with van der Waals surface area (Å²) in [6, 6.07) is 94.2. The summed E-state index contributed by atoms with van der Waals surface area (Å²) in [5.74, 6) is 0.700. The van der Waals surface area contributed by atoms with E-state index in [-0.39, 0.29) is 0 Å². The summed E-state index contributed by atoms with van der Waals surface area (Å²) in [5, 5.41) is 0. The van der Waals surface area contributed by atoms with Crippen LogP contribution < -0.4 is 4.90 Å². The van der Waals surface area contributed by atoms with Gasteiger partial charge in [0.05, 0.1) is 28.2 Å². The largest absolute Gasteiger partial charge is 0.310 e. The lowest BCUT2D eigenvalue weighted by Gasteiger charge is -2.45. The molecule has 0 saturated carbocycles. The van der Waals surface area contributed by atoms with E-state index in [0.717, 1.165) is 44.9 Å². The van der Waals surface area contributed by atoms with Gasteiger partial charge in [-0.25, -0.2) is 9.97 Å². The third-order valence-corrected chi connectivity index (χ3v) is 13.9. The normalized spacial score (nSPS) is 12.8. The highest BCUT2D eigenvalue weighted by atomic mass is 15.2. The predicted octanol–water partition coefficient (Wildman–Crippen LogP) is 16.6. The fourth-order valence-electron chi connectivity index (χ4n) is 10.8. The SMILES string of the molecule is c1ccc(-c2ccc(-c3cc(-c4cccc(-c5cccc(-c6ccc7c(c6)-c6ccccc6C76c7ccccc7N(c7ccccc7)c7ccccc76)c5)c4)nc(-c4ccccc4)n3)cc2)cc1. The van der Waals surface area contributed by atoms with Gasteiger partial charge in [-0.15, -0.1) is 0 Å². The van der Waals surface area contributed by atoms with Crippen LogP contribution in [-0.2, 0) is 5.41 Å². The zero-order chi connectivity index (χ0) is 45.0. The molecule has 1 aromatic heterocycles. The number of aromatic nitrogens is 2. The fourth-order valence-corrected chi connectivity index (χ4v) is 10.8. The van der Waals surface area contributed by atoms with Gasteiger partial charge in [0.15, 0.2) is 5.82 Å². The van der Waals surface area contributed by atoms with E-state index in [1.54, 1.807) is 0 Å². The molecular formula is C65H43N3. The van der Waals surface area contributed by atoms with E-state index >= 15 is 0 Å². The maximum Gasteiger partial charge on any atom is 0.160 e. The molecule has 3 nitrogen and oxygen atoms in total. The van der Waals surface area contributed by atoms with Crippen molar-refractivity contribution < 1.29 is 0 Å². The molecule has 0 radical (unpaired) electrons. The first-order valence-corrected chi connectivity index (χ1v) is 23.3. The minimum absolute atomic E-state index is 0.488. The van der Waals surface area contributed by atoms with Gasteiger partial charge in [-0.3, -0.25) is 0 Å². The van der Waals surface area contributed by atoms with E-state index in [9.17, 15) is 0 Å². The van der Waals surface area contributed by atoms with Gasteiger partial charge in [-0.2, -0.15) is 0 Å². The van der Waals surface area contributed by atoms with Crippen molar-refractivity contribution in [2.45, 2.75) is 5.41 Å². The van der Waals surface area contributed by atoms with Crippen LogP contribution >= 0.6 is 0 Å². The molecule has 0 atom stereocenters. The van der Waals surface area contributed by atoms with Crippen LogP contribution in [0, 0.1) is 0 Å². The average molecular weight is 866 g/mol. The third-order valence-electron chi connectivity index (χ3n) is 13.9. The standard InChI is InChI=1S/C65H43N3/c1-4-18-44(19-5-1)45-34-36-46(37-35-45)60-43-61(67-64(66-60)47-20-6-2-7-21-47)52-25-17-24-50(41-52)48-22-16-23-49(40-48)51-38-39-57-55(42-51)54-28-10-11-29-56(54)65(57)58-30-12-14-32-62(58)68(53-26-8-3-9-27-53)63-33-15-13-31-59(63)65/h1-43H. The molecule has 1 aliphatic carbocycles. The van der Waals surface area contributed by atoms with Gasteiger partial charge in [0.25, 0.3) is 0 Å². The maximum atomic E-state index is 5.19. The van der Waals surface area contributed by atoms with Crippen LogP contribution in [0.5, 0.6) is 0 Å². The van der Waals surface area contributed by atoms with Crippen LogP contribution in [0.3, 0.4) is 0 Å². The van der Waals surface area contributed by atoms with E-state index in [2.05, 4.69) is 241 Å². The Balaban J connectivity index is 0.892. The Bertz CT molecular complexity index is 3630. The van der Waals surface area contributed by atoms with Crippen molar-refractivity contribution in [1.29, 1.82) is 0 Å². The summed E-state index contributed by atoms with van der Waals surface area (Å²) in [5.41, 5.74) is 22.6. The summed E-state index contributed by atoms with van der Waals surface area (Å²) in [4.78, 5) is 12.7. The summed E-state index contributed by atoms with van der Waals surface area (Å²) in [7, 11) is 0. The molecule has 318 valence electrons. The van der Waals surface area contributed by atoms with Crippen molar-refractivity contribution in [3.63, 3.8) is 0 Å². The molecule has 2 aliphatic rings. The summed E-state index contributed by atoms with van der Waals surface area (Å²) in [6.07, 6.45) is 0. The van der Waals surface area contributed by atoms with Crippen molar-refractivity contribution in [2.75, 3.05) is 4.90 Å². The zero-order valence-corrected chi connectivity index (χ0v) is 37.2. The number of hydrogen-bond donors (Lipinski definition) is 0. The Morgan fingerprint density at radius 3 is 1.34 bits per heavy atom. The van der Waals surface area contributed by atoms with Gasteiger partial charge in [0, 0.05) is 22.4 Å². The lowest BCUT2D eigenvalue weighted by molar-refractivity contribution is 0.753. The molecule has 0 saturated heterocycles. The zero-order valence-electron chi connectivity index (χ0n) is 37.2. The Morgan fingerprint density at radius 1 is 0.265 bits per heavy atom. The highest BCUT2D eigenvalue weighted by molar-refractivity contribution is 5.97. The Kier molecular flexibility index (Phi) is 9.40. The smallest absolute Gasteiger partial charge is 0.160 e. The van der Waals surface area contributed by atoms with Gasteiger partial charge in [-0.05, 0) is 115 Å². The minimum Gasteiger partial charge on any atom is -0.310 e. The molecule has 0 amide bonds. The van der Waals surface area contributed by atoms with Crippen molar-refractivity contribution in [2.24, 2.45) is 0 Å². The second kappa shape index (κ2) is 16.2. The van der Waals surface area contributed by atoms with Crippen LogP contribution in [0.25, 0.3) is 78.4 Å². The van der Waals surface area contributed by atoms with Gasteiger partial charge >= 0.3 is 0 Å². The number of rotatable bonds is 7. The molecule has 0 unspecified atom stereocenters. The second-order valence-corrected chi connectivity index (χ2v) is 17.7. The van der Waals surface area contributed by atoms with Crippen LogP contribution in [-0.4, -0.2) is 9.97 Å². The van der Waals surface area contributed by atoms with E-state index in [1.807, 2.05) is 24.3 Å². The molecule has 13 rings (SSSR count). The first kappa shape index (κ1) is 39.4. The number of para-hydroxylation sites is 3. The lowest BCUT2D eigenvalue weighted by atomic mass is 9.64. The van der Waals surface area contributed by atoms with Gasteiger partial charge < -0.3 is 4.90 Å². The average Bonchev–Trinajstić information content (AvgIpc) is 3.71. The highest BCUT2D eigenvalue weighted by Gasteiger charge is 2.51. The molecule has 10 aromatic carbocycles. The summed E-state index contributed by atoms with van der Waals surface area (Å²) < 4.78 is 0. The molecule has 3 heteroatoms. The number of anilines is 3. The van der Waals surface area contributed by atoms with E-state index in [4.69, 9.17) is 9.97 Å². The predicted molar refractivity (Wildman–Crippen MR) is 280 cm³/mol. The molecule has 1 spiro atoms. The van der Waals surface area contributed by atoms with E-state index in [0.29, 0.717) is 5.82 Å². The third kappa shape index (κ3) is 6.43. The molecule has 0 fully saturated rings. The minimum atomic E-state index is -0.488. The van der Waals surface area contributed by atoms with Crippen LogP contribution in [0.1, 0.15) is 22.3 Å². The van der Waals surface area contributed by atoms with Crippen molar-refractivity contribution >= 4 is 17.1 Å². The van der Waals surface area contributed by atoms with Crippen LogP contribution in [0.4, 0.5) is 17.1 Å². The van der Waals surface area contributed by atoms with Gasteiger partial charge in [-0.1, -0.05) is 212 Å². The summed E-state index contributed by atoms with van der Waals surface area (Å²) in [6.45, 7) is 0. The summed E-state index contributed by atoms with van der Waals surface area (Å²) >= 11 is 0. The number of nitrogens with zero attached hydrogens (tertiary/aromatic N) is 3. The molecule has 11 aromatic rings. The van der Waals surface area contributed by atoms with E-state index in [1.165, 1.54) is 67.0 Å². The molecule has 0 bridgehead atoms. The van der Waals surface area contributed by atoms with Crippen LogP contribution in [0.15, 0.2) is 261 Å². The fraction of sp³-hybridized carbons (Fsp3) is 0.0154. The Labute approximate surface area is 397 Å². The quantitative estimate of drug-likeness (QED) is 0.160. The topological polar surface area (TPSA) is 29.0 Å².